The fraction of sp³-hybridized carbons (Fsp3) is 0.316. The Bertz CT molecular complexity index is 797. The summed E-state index contributed by atoms with van der Waals surface area (Å²) in [7, 11) is 0. The van der Waals surface area contributed by atoms with E-state index in [4.69, 9.17) is 26.1 Å². The minimum absolute atomic E-state index is 0.299. The average Bonchev–Trinajstić information content (AvgIpc) is 3.10. The summed E-state index contributed by atoms with van der Waals surface area (Å²) in [6.07, 6.45) is 1.14. The molecule has 0 spiro atoms. The molecule has 0 fully saturated rings. The molecule has 0 amide bonds. The van der Waals surface area contributed by atoms with Gasteiger partial charge in [-0.15, -0.1) is 0 Å². The topological polar surface area (TPSA) is 34.1 Å². The van der Waals surface area contributed by atoms with E-state index in [0.717, 1.165) is 53.5 Å². The summed E-state index contributed by atoms with van der Waals surface area (Å²) < 4.78 is 10.9. The lowest BCUT2D eigenvalue weighted by Gasteiger charge is -2.28. The molecule has 0 saturated heterocycles. The number of amidine groups is 1. The van der Waals surface area contributed by atoms with Crippen LogP contribution in [0.1, 0.15) is 17.5 Å². The SMILES string of the molecule is Clc1cccc(CN(Cc2ccc3c(c2)OCO3)C2=NCCCS2)c1. The molecule has 0 aliphatic carbocycles. The van der Waals surface area contributed by atoms with Crippen LogP contribution in [0.4, 0.5) is 0 Å². The average molecular weight is 375 g/mol. The number of ether oxygens (including phenoxy) is 2. The Morgan fingerprint density at radius 1 is 1.04 bits per heavy atom. The van der Waals surface area contributed by atoms with Gasteiger partial charge in [0.2, 0.25) is 6.79 Å². The van der Waals surface area contributed by atoms with Gasteiger partial charge in [-0.05, 0) is 41.8 Å². The third kappa shape index (κ3) is 4.05. The second kappa shape index (κ2) is 7.58. The predicted molar refractivity (Wildman–Crippen MR) is 103 cm³/mol. The third-order valence-corrected chi connectivity index (χ3v) is 5.50. The number of halogens is 1. The number of aliphatic imine (C=N–C) groups is 1. The van der Waals surface area contributed by atoms with Crippen LogP contribution in [0.3, 0.4) is 0 Å². The molecular formula is C19H19ClN2O2S. The first-order chi connectivity index (χ1) is 12.3. The van der Waals surface area contributed by atoms with Crippen molar-refractivity contribution in [1.29, 1.82) is 0 Å². The lowest BCUT2D eigenvalue weighted by molar-refractivity contribution is 0.174. The molecule has 130 valence electrons. The summed E-state index contributed by atoms with van der Waals surface area (Å²) in [5, 5.41) is 1.86. The van der Waals surface area contributed by atoms with Gasteiger partial charge in [0, 0.05) is 30.4 Å². The Labute approximate surface area is 156 Å². The van der Waals surface area contributed by atoms with Crippen molar-refractivity contribution in [1.82, 2.24) is 4.90 Å². The van der Waals surface area contributed by atoms with E-state index in [1.165, 1.54) is 11.1 Å². The molecule has 0 radical (unpaired) electrons. The van der Waals surface area contributed by atoms with Gasteiger partial charge in [0.15, 0.2) is 16.7 Å². The van der Waals surface area contributed by atoms with E-state index in [-0.39, 0.29) is 0 Å². The van der Waals surface area contributed by atoms with Crippen LogP contribution in [0, 0.1) is 0 Å². The van der Waals surface area contributed by atoms with Crippen molar-refractivity contribution in [2.45, 2.75) is 19.5 Å². The molecular weight excluding hydrogens is 356 g/mol. The maximum atomic E-state index is 6.15. The Hall–Kier alpha value is -1.85. The van der Waals surface area contributed by atoms with Crippen molar-refractivity contribution in [3.63, 3.8) is 0 Å². The summed E-state index contributed by atoms with van der Waals surface area (Å²) in [4.78, 5) is 7.05. The van der Waals surface area contributed by atoms with Crippen molar-refractivity contribution in [3.05, 3.63) is 58.6 Å². The van der Waals surface area contributed by atoms with Crippen molar-refractivity contribution in [3.8, 4) is 11.5 Å². The molecule has 4 nitrogen and oxygen atoms in total. The van der Waals surface area contributed by atoms with E-state index in [9.17, 15) is 0 Å². The standard InChI is InChI=1S/C19H19ClN2O2S/c20-16-4-1-3-14(9-16)11-22(19-21-7-2-8-25-19)12-15-5-6-17-18(10-15)24-13-23-17/h1,3-6,9-10H,2,7-8,11-13H2. The second-order valence-electron chi connectivity index (χ2n) is 6.04. The molecule has 2 aromatic rings. The van der Waals surface area contributed by atoms with Crippen LogP contribution in [0.2, 0.25) is 5.02 Å². The highest BCUT2D eigenvalue weighted by Gasteiger charge is 2.18. The maximum absolute atomic E-state index is 6.15. The summed E-state index contributed by atoms with van der Waals surface area (Å²) in [6, 6.07) is 14.1. The largest absolute Gasteiger partial charge is 0.454 e. The highest BCUT2D eigenvalue weighted by Crippen LogP contribution is 2.33. The van der Waals surface area contributed by atoms with Gasteiger partial charge in [0.05, 0.1) is 0 Å². The molecule has 0 saturated carbocycles. The summed E-state index contributed by atoms with van der Waals surface area (Å²) in [5.41, 5.74) is 2.36. The van der Waals surface area contributed by atoms with Crippen molar-refractivity contribution < 1.29 is 9.47 Å². The number of hydrogen-bond acceptors (Lipinski definition) is 5. The Balaban J connectivity index is 1.57. The van der Waals surface area contributed by atoms with Gasteiger partial charge in [0.25, 0.3) is 0 Å². The smallest absolute Gasteiger partial charge is 0.231 e. The number of benzene rings is 2. The Kier molecular flexibility index (Phi) is 5.04. The number of rotatable bonds is 4. The molecule has 4 rings (SSSR count). The number of thioether (sulfide) groups is 1. The van der Waals surface area contributed by atoms with Gasteiger partial charge in [-0.25, -0.2) is 0 Å². The summed E-state index contributed by atoms with van der Waals surface area (Å²) >= 11 is 7.98. The monoisotopic (exact) mass is 374 g/mol. The minimum Gasteiger partial charge on any atom is -0.454 e. The van der Waals surface area contributed by atoms with Crippen molar-refractivity contribution in [2.75, 3.05) is 19.1 Å². The fourth-order valence-electron chi connectivity index (χ4n) is 2.95. The molecule has 25 heavy (non-hydrogen) atoms. The normalized spacial score (nSPS) is 15.8. The molecule has 6 heteroatoms. The maximum Gasteiger partial charge on any atom is 0.231 e. The van der Waals surface area contributed by atoms with Gasteiger partial charge in [-0.1, -0.05) is 41.6 Å². The zero-order valence-corrected chi connectivity index (χ0v) is 15.4. The molecule has 2 aromatic carbocycles. The van der Waals surface area contributed by atoms with Gasteiger partial charge >= 0.3 is 0 Å². The predicted octanol–water partition coefficient (Wildman–Crippen LogP) is 4.56. The molecule has 2 aliphatic rings. The first-order valence-corrected chi connectivity index (χ1v) is 9.69. The van der Waals surface area contributed by atoms with Crippen LogP contribution in [0.25, 0.3) is 0 Å². The van der Waals surface area contributed by atoms with Gasteiger partial charge in [0.1, 0.15) is 0 Å². The number of nitrogens with zero attached hydrogens (tertiary/aromatic N) is 2. The first-order valence-electron chi connectivity index (χ1n) is 8.33. The van der Waals surface area contributed by atoms with Crippen molar-refractivity contribution >= 4 is 28.5 Å². The van der Waals surface area contributed by atoms with E-state index in [2.05, 4.69) is 23.1 Å². The highest BCUT2D eigenvalue weighted by molar-refractivity contribution is 8.13. The van der Waals surface area contributed by atoms with Gasteiger partial charge < -0.3 is 14.4 Å². The lowest BCUT2D eigenvalue weighted by Crippen LogP contribution is -2.30. The van der Waals surface area contributed by atoms with Crippen LogP contribution in [-0.2, 0) is 13.1 Å². The van der Waals surface area contributed by atoms with E-state index in [1.54, 1.807) is 0 Å². The zero-order valence-electron chi connectivity index (χ0n) is 13.8. The highest BCUT2D eigenvalue weighted by atomic mass is 35.5. The van der Waals surface area contributed by atoms with Crippen LogP contribution in [0.5, 0.6) is 11.5 Å². The lowest BCUT2D eigenvalue weighted by atomic mass is 10.1. The quantitative estimate of drug-likeness (QED) is 0.785. The summed E-state index contributed by atoms with van der Waals surface area (Å²) in [5.74, 6) is 2.75. The number of hydrogen-bond donors (Lipinski definition) is 0. The van der Waals surface area contributed by atoms with Crippen LogP contribution in [-0.4, -0.2) is 29.2 Å². The van der Waals surface area contributed by atoms with Gasteiger partial charge in [-0.3, -0.25) is 4.99 Å². The van der Waals surface area contributed by atoms with Crippen LogP contribution >= 0.6 is 23.4 Å². The molecule has 0 atom stereocenters. The van der Waals surface area contributed by atoms with Crippen molar-refractivity contribution in [2.24, 2.45) is 4.99 Å². The molecule has 0 unspecified atom stereocenters. The molecule has 0 N–H and O–H groups in total. The molecule has 0 aromatic heterocycles. The molecule has 2 heterocycles. The zero-order chi connectivity index (χ0) is 17.1. The molecule has 0 bridgehead atoms. The minimum atomic E-state index is 0.299. The van der Waals surface area contributed by atoms with Gasteiger partial charge in [-0.2, -0.15) is 0 Å². The molecule has 2 aliphatic heterocycles. The number of fused-ring (bicyclic) bond motifs is 1. The van der Waals surface area contributed by atoms with Crippen LogP contribution < -0.4 is 9.47 Å². The Morgan fingerprint density at radius 3 is 2.68 bits per heavy atom. The second-order valence-corrected chi connectivity index (χ2v) is 7.54. The fourth-order valence-corrected chi connectivity index (χ4v) is 4.11. The van der Waals surface area contributed by atoms with E-state index in [1.807, 2.05) is 36.0 Å². The van der Waals surface area contributed by atoms with E-state index in [0.29, 0.717) is 6.79 Å². The first kappa shape index (κ1) is 16.6. The third-order valence-electron chi connectivity index (χ3n) is 4.12. The summed E-state index contributed by atoms with van der Waals surface area (Å²) in [6.45, 7) is 2.75. The van der Waals surface area contributed by atoms with E-state index < -0.39 is 0 Å². The Morgan fingerprint density at radius 2 is 1.88 bits per heavy atom. The van der Waals surface area contributed by atoms with Crippen LogP contribution in [0.15, 0.2) is 47.5 Å². The van der Waals surface area contributed by atoms with E-state index >= 15 is 0 Å².